The summed E-state index contributed by atoms with van der Waals surface area (Å²) in [6.07, 6.45) is 3.82. The van der Waals surface area contributed by atoms with Crippen molar-refractivity contribution in [2.75, 3.05) is 64.4 Å². The standard InChI is InChI=1S/C11H18FNO.C11H20N2O.C9H17NO2S/c1-8(2)9(14)13-6-11(7-13)4-10(3,12)5-11;1-9(2)10(14)13-7-6-12(3)11(8-13)4-5-11;1-8(2)9(11)10-4-6-13(3,12)7-5-10/h8H,4-7H2,1-3H3;9H,4-8H2,1-3H3;8H,3-7H2,1-2H3. The third kappa shape index (κ3) is 8.46. The Morgan fingerprint density at radius 3 is 1.59 bits per heavy atom. The van der Waals surface area contributed by atoms with Gasteiger partial charge < -0.3 is 14.7 Å². The molecule has 0 radical (unpaired) electrons. The van der Waals surface area contributed by atoms with Gasteiger partial charge in [0.15, 0.2) is 0 Å². The molecule has 0 aromatic rings. The molecule has 0 N–H and O–H groups in total. The zero-order valence-electron chi connectivity index (χ0n) is 26.8. The number of alkyl halides is 1. The van der Waals surface area contributed by atoms with E-state index in [4.69, 9.17) is 0 Å². The quantitative estimate of drug-likeness (QED) is 0.467. The van der Waals surface area contributed by atoms with Crippen molar-refractivity contribution < 1.29 is 23.0 Å². The van der Waals surface area contributed by atoms with Crippen LogP contribution in [-0.2, 0) is 23.9 Å². The van der Waals surface area contributed by atoms with Gasteiger partial charge in [0.2, 0.25) is 17.7 Å². The molecule has 5 fully saturated rings. The number of halogens is 1. The van der Waals surface area contributed by atoms with Crippen molar-refractivity contribution in [2.24, 2.45) is 23.2 Å². The van der Waals surface area contributed by atoms with Crippen LogP contribution in [0, 0.1) is 23.2 Å². The molecule has 236 valence electrons. The lowest BCUT2D eigenvalue weighted by atomic mass is 9.56. The number of hydrogen-bond acceptors (Lipinski definition) is 5. The van der Waals surface area contributed by atoms with Crippen LogP contribution in [0.5, 0.6) is 0 Å². The lowest BCUT2D eigenvalue weighted by molar-refractivity contribution is -0.172. The number of likely N-dealkylation sites (N-methyl/N-ethyl adjacent to an activating group) is 1. The van der Waals surface area contributed by atoms with Crippen molar-refractivity contribution in [3.8, 4) is 0 Å². The predicted molar refractivity (Wildman–Crippen MR) is 165 cm³/mol. The van der Waals surface area contributed by atoms with E-state index in [1.54, 1.807) is 11.8 Å². The molecule has 0 bridgehead atoms. The molecule has 2 saturated carbocycles. The smallest absolute Gasteiger partial charge is 0.225 e. The maximum Gasteiger partial charge on any atom is 0.225 e. The number of hydrogen-bond donors (Lipinski definition) is 0. The van der Waals surface area contributed by atoms with Crippen molar-refractivity contribution in [2.45, 2.75) is 85.4 Å². The Balaban J connectivity index is 0.000000169. The van der Waals surface area contributed by atoms with Crippen molar-refractivity contribution in [1.29, 1.82) is 0 Å². The summed E-state index contributed by atoms with van der Waals surface area (Å²) in [6, 6.07) is 0. The number of rotatable bonds is 3. The minimum atomic E-state index is -1.87. The molecular formula is C31H55FN4O4S. The van der Waals surface area contributed by atoms with Gasteiger partial charge in [0, 0.05) is 86.0 Å². The van der Waals surface area contributed by atoms with E-state index in [1.165, 1.54) is 12.8 Å². The minimum Gasteiger partial charge on any atom is -0.341 e. The fourth-order valence-corrected chi connectivity index (χ4v) is 7.98. The second kappa shape index (κ2) is 12.5. The molecule has 0 atom stereocenters. The molecule has 3 amide bonds. The first kappa shape index (κ1) is 33.8. The second-order valence-electron chi connectivity index (χ2n) is 14.5. The Bertz CT molecular complexity index is 1050. The van der Waals surface area contributed by atoms with E-state index >= 15 is 0 Å². The average molecular weight is 599 g/mol. The van der Waals surface area contributed by atoms with Crippen LogP contribution in [-0.4, -0.2) is 123 Å². The van der Waals surface area contributed by atoms with Gasteiger partial charge >= 0.3 is 0 Å². The summed E-state index contributed by atoms with van der Waals surface area (Å²) in [5.41, 5.74) is -0.455. The van der Waals surface area contributed by atoms with Gasteiger partial charge in [-0.05, 0) is 55.0 Å². The molecule has 0 aromatic heterocycles. The Morgan fingerprint density at radius 2 is 1.17 bits per heavy atom. The number of likely N-dealkylation sites (tertiary alicyclic amines) is 1. The molecule has 3 saturated heterocycles. The van der Waals surface area contributed by atoms with Crippen LogP contribution in [0.3, 0.4) is 0 Å². The second-order valence-corrected chi connectivity index (χ2v) is 17.3. The lowest BCUT2D eigenvalue weighted by Crippen LogP contribution is -2.67. The SMILES string of the molecule is C=S1(=O)CCN(C(=O)C(C)C)CC1.CC(C)C(=O)N1CC2(C1)CC(C)(F)C2.CC(C)C(=O)N1CCN(C)C2(CC2)C1. The van der Waals surface area contributed by atoms with E-state index in [1.807, 2.05) is 46.4 Å². The highest BCUT2D eigenvalue weighted by atomic mass is 32.2. The molecule has 10 heteroatoms. The van der Waals surface area contributed by atoms with E-state index in [0.29, 0.717) is 48.9 Å². The molecule has 8 nitrogen and oxygen atoms in total. The van der Waals surface area contributed by atoms with E-state index < -0.39 is 15.2 Å². The third-order valence-electron chi connectivity index (χ3n) is 9.25. The lowest BCUT2D eigenvalue weighted by Gasteiger charge is -2.60. The van der Waals surface area contributed by atoms with Crippen LogP contribution in [0.15, 0.2) is 0 Å². The maximum absolute atomic E-state index is 13.3. The highest BCUT2D eigenvalue weighted by Gasteiger charge is 2.59. The topological polar surface area (TPSA) is 81.2 Å². The van der Waals surface area contributed by atoms with Crippen LogP contribution < -0.4 is 0 Å². The normalized spacial score (nSPS) is 25.1. The fraction of sp³-hybridized carbons (Fsp3) is 0.871. The first-order valence-corrected chi connectivity index (χ1v) is 17.5. The maximum atomic E-state index is 13.3. The van der Waals surface area contributed by atoms with Gasteiger partial charge in [0.05, 0.1) is 0 Å². The van der Waals surface area contributed by atoms with Crippen molar-refractivity contribution in [1.82, 2.24) is 19.6 Å². The zero-order valence-corrected chi connectivity index (χ0v) is 27.7. The highest BCUT2D eigenvalue weighted by Crippen LogP contribution is 2.55. The third-order valence-corrected chi connectivity index (χ3v) is 11.1. The summed E-state index contributed by atoms with van der Waals surface area (Å²) in [5.74, 6) is 5.74. The summed E-state index contributed by atoms with van der Waals surface area (Å²) in [5, 5.41) is 0. The predicted octanol–water partition coefficient (Wildman–Crippen LogP) is 3.14. The summed E-state index contributed by atoms with van der Waals surface area (Å²) < 4.78 is 24.8. The van der Waals surface area contributed by atoms with Crippen molar-refractivity contribution in [3.05, 3.63) is 0 Å². The van der Waals surface area contributed by atoms with E-state index in [-0.39, 0.29) is 35.0 Å². The van der Waals surface area contributed by atoms with Gasteiger partial charge in [-0.25, -0.2) is 4.39 Å². The van der Waals surface area contributed by atoms with Gasteiger partial charge in [-0.3, -0.25) is 23.5 Å². The van der Waals surface area contributed by atoms with Crippen molar-refractivity contribution >= 4 is 33.1 Å². The molecular weight excluding hydrogens is 543 g/mol. The summed E-state index contributed by atoms with van der Waals surface area (Å²) in [6.45, 7) is 18.9. The first-order chi connectivity index (χ1) is 18.8. The monoisotopic (exact) mass is 598 g/mol. The number of amides is 3. The Labute approximate surface area is 248 Å². The van der Waals surface area contributed by atoms with Gasteiger partial charge in [-0.15, -0.1) is 0 Å². The fourth-order valence-electron chi connectivity index (χ4n) is 6.67. The van der Waals surface area contributed by atoms with Crippen LogP contribution in [0.4, 0.5) is 4.39 Å². The average Bonchev–Trinajstić information content (AvgIpc) is 3.62. The molecule has 0 unspecified atom stereocenters. The van der Waals surface area contributed by atoms with E-state index in [2.05, 4.69) is 22.7 Å². The number of carbonyl (C=O) groups is 3. The van der Waals surface area contributed by atoms with Crippen LogP contribution in [0.1, 0.15) is 74.1 Å². The Kier molecular flexibility index (Phi) is 10.3. The Morgan fingerprint density at radius 1 is 0.732 bits per heavy atom. The van der Waals surface area contributed by atoms with E-state index in [9.17, 15) is 23.0 Å². The summed E-state index contributed by atoms with van der Waals surface area (Å²) in [7, 11) is 0.316. The van der Waals surface area contributed by atoms with Crippen molar-refractivity contribution in [3.63, 3.8) is 0 Å². The molecule has 3 heterocycles. The van der Waals surface area contributed by atoms with Gasteiger partial charge in [0.1, 0.15) is 5.67 Å². The Hall–Kier alpha value is -1.68. The summed E-state index contributed by atoms with van der Waals surface area (Å²) in [4.78, 5) is 43.0. The number of carbonyl (C=O) groups excluding carboxylic acids is 3. The molecule has 0 aromatic carbocycles. The molecule has 41 heavy (non-hydrogen) atoms. The van der Waals surface area contributed by atoms with E-state index in [0.717, 1.165) is 32.7 Å². The number of piperazine rings is 1. The van der Waals surface area contributed by atoms with Crippen LogP contribution in [0.25, 0.3) is 0 Å². The number of nitrogens with zero attached hydrogens (tertiary/aromatic N) is 4. The molecule has 5 aliphatic rings. The van der Waals surface area contributed by atoms with Gasteiger partial charge in [0.25, 0.3) is 0 Å². The minimum absolute atomic E-state index is 0.0407. The zero-order chi connectivity index (χ0) is 31.0. The highest BCUT2D eigenvalue weighted by molar-refractivity contribution is 8.00. The molecule has 3 aliphatic heterocycles. The molecule has 5 rings (SSSR count). The van der Waals surface area contributed by atoms with Crippen LogP contribution in [0.2, 0.25) is 0 Å². The summed E-state index contributed by atoms with van der Waals surface area (Å²) >= 11 is 0. The largest absolute Gasteiger partial charge is 0.341 e. The van der Waals surface area contributed by atoms with Crippen LogP contribution >= 0.6 is 0 Å². The first-order valence-electron chi connectivity index (χ1n) is 15.4. The van der Waals surface area contributed by atoms with Gasteiger partial charge in [-0.2, -0.15) is 0 Å². The molecule has 2 aliphatic carbocycles. The van der Waals surface area contributed by atoms with Gasteiger partial charge in [-0.1, -0.05) is 41.5 Å². The molecule has 2 spiro atoms.